The largest absolute Gasteiger partial charge is 0.492 e. The van der Waals surface area contributed by atoms with Crippen molar-refractivity contribution in [1.82, 2.24) is 24.6 Å². The summed E-state index contributed by atoms with van der Waals surface area (Å²) in [5, 5.41) is 9.85. The first kappa shape index (κ1) is 17.5. The molecule has 26 heavy (non-hydrogen) atoms. The Kier molecular flexibility index (Phi) is 5.87. The van der Waals surface area contributed by atoms with Gasteiger partial charge in [0, 0.05) is 49.1 Å². The van der Waals surface area contributed by atoms with Crippen LogP contribution in [0.4, 0.5) is 10.5 Å². The fourth-order valence-electron chi connectivity index (χ4n) is 2.50. The minimum atomic E-state index is -0.258. The summed E-state index contributed by atoms with van der Waals surface area (Å²) in [7, 11) is 0. The molecule has 2 aromatic heterocycles. The van der Waals surface area contributed by atoms with Crippen LogP contribution in [0.2, 0.25) is 0 Å². The quantitative estimate of drug-likeness (QED) is 0.650. The summed E-state index contributed by atoms with van der Waals surface area (Å²) in [5.41, 5.74) is 0.675. The van der Waals surface area contributed by atoms with Crippen LogP contribution in [0.1, 0.15) is 6.92 Å². The SMILES string of the molecule is CC(Cn1ccnc1)NC(=O)Nc1cccc(OCCn2cccn2)c1. The maximum absolute atomic E-state index is 12.1. The molecular weight excluding hydrogens is 332 g/mol. The van der Waals surface area contributed by atoms with Crippen molar-refractivity contribution in [3.8, 4) is 5.75 Å². The molecule has 0 aliphatic rings. The molecule has 1 unspecified atom stereocenters. The molecule has 0 aliphatic carbocycles. The van der Waals surface area contributed by atoms with Gasteiger partial charge in [-0.05, 0) is 25.1 Å². The predicted molar refractivity (Wildman–Crippen MR) is 98.0 cm³/mol. The van der Waals surface area contributed by atoms with Crippen LogP contribution in [-0.2, 0) is 13.1 Å². The summed E-state index contributed by atoms with van der Waals surface area (Å²) in [6, 6.07) is 8.89. The molecule has 0 aliphatic heterocycles. The number of carbonyl (C=O) groups is 1. The van der Waals surface area contributed by atoms with E-state index in [-0.39, 0.29) is 12.1 Å². The topological polar surface area (TPSA) is 86.0 Å². The van der Waals surface area contributed by atoms with Crippen LogP contribution in [0.15, 0.2) is 61.4 Å². The van der Waals surface area contributed by atoms with Gasteiger partial charge in [-0.25, -0.2) is 9.78 Å². The number of aromatic nitrogens is 4. The number of hydrogen-bond acceptors (Lipinski definition) is 4. The Hall–Kier alpha value is -3.29. The zero-order valence-corrected chi connectivity index (χ0v) is 14.6. The Morgan fingerprint density at radius 3 is 2.96 bits per heavy atom. The molecule has 0 spiro atoms. The Morgan fingerprint density at radius 2 is 2.19 bits per heavy atom. The van der Waals surface area contributed by atoms with Gasteiger partial charge in [-0.3, -0.25) is 4.68 Å². The monoisotopic (exact) mass is 354 g/mol. The van der Waals surface area contributed by atoms with Gasteiger partial charge in [0.05, 0.1) is 12.9 Å². The number of rotatable bonds is 8. The van der Waals surface area contributed by atoms with Gasteiger partial charge < -0.3 is 19.9 Å². The van der Waals surface area contributed by atoms with Gasteiger partial charge in [-0.15, -0.1) is 0 Å². The van der Waals surface area contributed by atoms with E-state index in [1.165, 1.54) is 0 Å². The third kappa shape index (κ3) is 5.37. The van der Waals surface area contributed by atoms with Gasteiger partial charge in [0.2, 0.25) is 0 Å². The second-order valence-electron chi connectivity index (χ2n) is 5.90. The molecule has 1 atom stereocenters. The number of carbonyl (C=O) groups excluding carboxylic acids is 1. The number of nitrogens with one attached hydrogen (secondary N) is 2. The third-order valence-corrected chi connectivity index (χ3v) is 3.66. The third-order valence-electron chi connectivity index (χ3n) is 3.66. The zero-order valence-electron chi connectivity index (χ0n) is 14.6. The van der Waals surface area contributed by atoms with Crippen molar-refractivity contribution in [1.29, 1.82) is 0 Å². The van der Waals surface area contributed by atoms with Crippen LogP contribution in [0.3, 0.4) is 0 Å². The molecule has 2 amide bonds. The predicted octanol–water partition coefficient (Wildman–Crippen LogP) is 2.37. The molecule has 8 nitrogen and oxygen atoms in total. The van der Waals surface area contributed by atoms with Crippen molar-refractivity contribution in [3.63, 3.8) is 0 Å². The van der Waals surface area contributed by atoms with E-state index in [1.807, 2.05) is 48.1 Å². The number of nitrogens with zero attached hydrogens (tertiary/aromatic N) is 4. The average molecular weight is 354 g/mol. The molecule has 2 heterocycles. The lowest BCUT2D eigenvalue weighted by Gasteiger charge is -2.15. The van der Waals surface area contributed by atoms with Crippen LogP contribution in [0, 0.1) is 0 Å². The smallest absolute Gasteiger partial charge is 0.319 e. The average Bonchev–Trinajstić information content (AvgIpc) is 3.29. The van der Waals surface area contributed by atoms with Crippen LogP contribution >= 0.6 is 0 Å². The van der Waals surface area contributed by atoms with Crippen molar-refractivity contribution in [2.75, 3.05) is 11.9 Å². The number of amides is 2. The number of hydrogen-bond donors (Lipinski definition) is 2. The molecule has 0 saturated heterocycles. The van der Waals surface area contributed by atoms with Gasteiger partial charge in [0.1, 0.15) is 12.4 Å². The molecule has 3 rings (SSSR count). The highest BCUT2D eigenvalue weighted by molar-refractivity contribution is 5.89. The summed E-state index contributed by atoms with van der Waals surface area (Å²) < 4.78 is 9.43. The molecule has 3 aromatic rings. The maximum Gasteiger partial charge on any atom is 0.319 e. The van der Waals surface area contributed by atoms with E-state index in [4.69, 9.17) is 4.74 Å². The van der Waals surface area contributed by atoms with Crippen molar-refractivity contribution in [2.24, 2.45) is 0 Å². The first-order chi connectivity index (χ1) is 12.7. The second kappa shape index (κ2) is 8.70. The van der Waals surface area contributed by atoms with Crippen molar-refractivity contribution >= 4 is 11.7 Å². The summed E-state index contributed by atoms with van der Waals surface area (Å²) in [5.74, 6) is 0.696. The second-order valence-corrected chi connectivity index (χ2v) is 5.90. The number of urea groups is 1. The highest BCUT2D eigenvalue weighted by Gasteiger charge is 2.08. The van der Waals surface area contributed by atoms with Gasteiger partial charge in [-0.2, -0.15) is 5.10 Å². The molecule has 8 heteroatoms. The van der Waals surface area contributed by atoms with Crippen LogP contribution in [-0.4, -0.2) is 38.0 Å². The van der Waals surface area contributed by atoms with Crippen LogP contribution < -0.4 is 15.4 Å². The molecule has 0 radical (unpaired) electrons. The maximum atomic E-state index is 12.1. The fourth-order valence-corrected chi connectivity index (χ4v) is 2.50. The van der Waals surface area contributed by atoms with E-state index < -0.39 is 0 Å². The lowest BCUT2D eigenvalue weighted by Crippen LogP contribution is -2.38. The van der Waals surface area contributed by atoms with E-state index in [1.54, 1.807) is 29.5 Å². The summed E-state index contributed by atoms with van der Waals surface area (Å²) in [6.07, 6.45) is 8.92. The minimum absolute atomic E-state index is 0.0299. The highest BCUT2D eigenvalue weighted by Crippen LogP contribution is 2.17. The van der Waals surface area contributed by atoms with Gasteiger partial charge in [-0.1, -0.05) is 6.07 Å². The molecule has 0 saturated carbocycles. The fraction of sp³-hybridized carbons (Fsp3) is 0.278. The zero-order chi connectivity index (χ0) is 18.2. The first-order valence-corrected chi connectivity index (χ1v) is 8.42. The van der Waals surface area contributed by atoms with Gasteiger partial charge >= 0.3 is 6.03 Å². The van der Waals surface area contributed by atoms with Gasteiger partial charge in [0.15, 0.2) is 0 Å². The Bertz CT molecular complexity index is 801. The molecule has 2 N–H and O–H groups in total. The van der Waals surface area contributed by atoms with Crippen molar-refractivity contribution < 1.29 is 9.53 Å². The number of ether oxygens (including phenoxy) is 1. The first-order valence-electron chi connectivity index (χ1n) is 8.42. The standard InChI is InChI=1S/C18H22N6O2/c1-15(13-23-9-7-19-14-23)21-18(25)22-16-4-2-5-17(12-16)26-11-10-24-8-3-6-20-24/h2-9,12,14-15H,10-11,13H2,1H3,(H2,21,22,25). The van der Waals surface area contributed by atoms with Crippen molar-refractivity contribution in [3.05, 3.63) is 61.4 Å². The molecule has 0 bridgehead atoms. The number of anilines is 1. The van der Waals surface area contributed by atoms with Crippen LogP contribution in [0.5, 0.6) is 5.75 Å². The summed E-state index contributed by atoms with van der Waals surface area (Å²) >= 11 is 0. The Labute approximate surface area is 151 Å². The lowest BCUT2D eigenvalue weighted by atomic mass is 10.3. The highest BCUT2D eigenvalue weighted by atomic mass is 16.5. The molecular formula is C18H22N6O2. The lowest BCUT2D eigenvalue weighted by molar-refractivity contribution is 0.248. The molecule has 0 fully saturated rings. The molecule has 1 aromatic carbocycles. The molecule has 136 valence electrons. The minimum Gasteiger partial charge on any atom is -0.492 e. The summed E-state index contributed by atoms with van der Waals surface area (Å²) in [6.45, 7) is 3.76. The number of imidazole rings is 1. The van der Waals surface area contributed by atoms with Gasteiger partial charge in [0.25, 0.3) is 0 Å². The van der Waals surface area contributed by atoms with E-state index in [0.29, 0.717) is 31.1 Å². The van der Waals surface area contributed by atoms with E-state index in [0.717, 1.165) is 0 Å². The number of benzene rings is 1. The Balaban J connectivity index is 1.45. The Morgan fingerprint density at radius 1 is 1.27 bits per heavy atom. The van der Waals surface area contributed by atoms with E-state index in [9.17, 15) is 4.79 Å². The van der Waals surface area contributed by atoms with E-state index >= 15 is 0 Å². The summed E-state index contributed by atoms with van der Waals surface area (Å²) in [4.78, 5) is 16.1. The van der Waals surface area contributed by atoms with Crippen LogP contribution in [0.25, 0.3) is 0 Å². The van der Waals surface area contributed by atoms with Crippen molar-refractivity contribution in [2.45, 2.75) is 26.1 Å². The van der Waals surface area contributed by atoms with E-state index in [2.05, 4.69) is 20.7 Å². The normalized spacial score (nSPS) is 11.7.